The molecule has 1 N–H and O–H groups in total. The largest absolute Gasteiger partial charge is 0.305 e. The highest BCUT2D eigenvalue weighted by molar-refractivity contribution is 7.15. The Morgan fingerprint density at radius 3 is 2.82 bits per heavy atom. The lowest BCUT2D eigenvalue weighted by Crippen LogP contribution is -2.22. The third kappa shape index (κ3) is 3.06. The van der Waals surface area contributed by atoms with E-state index in [0.29, 0.717) is 6.54 Å². The highest BCUT2D eigenvalue weighted by Crippen LogP contribution is 2.17. The zero-order chi connectivity index (χ0) is 15.7. The summed E-state index contributed by atoms with van der Waals surface area (Å²) in [6.07, 6.45) is 0. The minimum atomic E-state index is -0.0281. The molecule has 1 aromatic carbocycles. The van der Waals surface area contributed by atoms with Gasteiger partial charge in [-0.1, -0.05) is 23.7 Å². The van der Waals surface area contributed by atoms with Crippen LogP contribution >= 0.6 is 22.9 Å². The van der Waals surface area contributed by atoms with E-state index in [4.69, 9.17) is 11.6 Å². The van der Waals surface area contributed by atoms with Crippen molar-refractivity contribution in [2.75, 3.05) is 0 Å². The van der Waals surface area contributed by atoms with Gasteiger partial charge in [-0.3, -0.25) is 9.20 Å². The predicted octanol–water partition coefficient (Wildman–Crippen LogP) is 3.57. The van der Waals surface area contributed by atoms with E-state index in [2.05, 4.69) is 17.2 Å². The number of halogens is 1. The molecule has 3 rings (SSSR count). The zero-order valence-electron chi connectivity index (χ0n) is 12.3. The van der Waals surface area contributed by atoms with Gasteiger partial charge >= 0.3 is 0 Å². The van der Waals surface area contributed by atoms with Gasteiger partial charge in [-0.15, -0.1) is 11.3 Å². The maximum Gasteiger partial charge on any atom is 0.259 e. The second-order valence-corrected chi connectivity index (χ2v) is 6.51. The van der Waals surface area contributed by atoms with Crippen molar-refractivity contribution in [3.05, 3.63) is 68.0 Å². The molecule has 0 aliphatic rings. The van der Waals surface area contributed by atoms with Crippen molar-refractivity contribution in [3.8, 4) is 0 Å². The number of fused-ring (bicyclic) bond motifs is 1. The van der Waals surface area contributed by atoms with Crippen molar-refractivity contribution < 1.29 is 0 Å². The maximum absolute atomic E-state index is 12.1. The van der Waals surface area contributed by atoms with Crippen molar-refractivity contribution in [1.82, 2.24) is 14.7 Å². The van der Waals surface area contributed by atoms with Crippen LogP contribution in [-0.2, 0) is 6.54 Å². The molecule has 0 unspecified atom stereocenters. The predicted molar refractivity (Wildman–Crippen MR) is 90.8 cm³/mol. The molecule has 4 nitrogen and oxygen atoms in total. The van der Waals surface area contributed by atoms with E-state index in [1.807, 2.05) is 36.6 Å². The molecule has 0 fully saturated rings. The van der Waals surface area contributed by atoms with Crippen LogP contribution in [0.5, 0.6) is 0 Å². The number of nitrogens with one attached hydrogen (secondary N) is 1. The van der Waals surface area contributed by atoms with E-state index in [1.165, 1.54) is 11.3 Å². The van der Waals surface area contributed by atoms with Crippen LogP contribution in [0.3, 0.4) is 0 Å². The van der Waals surface area contributed by atoms with Gasteiger partial charge in [-0.2, -0.15) is 0 Å². The van der Waals surface area contributed by atoms with Crippen molar-refractivity contribution >= 4 is 27.9 Å². The standard InChI is InChI=1S/C16H16ClN3OS/c1-10-9-22-16-19-14(7-15(21)20(10)16)8-18-11(2)12-3-5-13(17)6-4-12/h3-7,9,11,18H,8H2,1-2H3/t11-/m0/s1. The topological polar surface area (TPSA) is 46.4 Å². The third-order valence-electron chi connectivity index (χ3n) is 3.59. The van der Waals surface area contributed by atoms with E-state index in [9.17, 15) is 4.79 Å². The number of thiazole rings is 1. The lowest BCUT2D eigenvalue weighted by atomic mass is 10.1. The van der Waals surface area contributed by atoms with E-state index in [0.717, 1.165) is 26.9 Å². The van der Waals surface area contributed by atoms with Gasteiger partial charge in [0.05, 0.1) is 5.69 Å². The molecular weight excluding hydrogens is 318 g/mol. The van der Waals surface area contributed by atoms with Crippen LogP contribution in [0.1, 0.15) is 29.9 Å². The Labute approximate surface area is 137 Å². The fourth-order valence-corrected chi connectivity index (χ4v) is 3.34. The molecule has 22 heavy (non-hydrogen) atoms. The summed E-state index contributed by atoms with van der Waals surface area (Å²) in [5, 5.41) is 6.05. The van der Waals surface area contributed by atoms with E-state index >= 15 is 0 Å². The molecule has 0 aliphatic heterocycles. The zero-order valence-corrected chi connectivity index (χ0v) is 13.9. The highest BCUT2D eigenvalue weighted by Gasteiger charge is 2.09. The first kappa shape index (κ1) is 15.2. The van der Waals surface area contributed by atoms with Crippen molar-refractivity contribution in [3.63, 3.8) is 0 Å². The van der Waals surface area contributed by atoms with E-state index in [-0.39, 0.29) is 11.6 Å². The minimum absolute atomic E-state index is 0.0281. The van der Waals surface area contributed by atoms with Crippen LogP contribution in [-0.4, -0.2) is 9.38 Å². The number of aromatic nitrogens is 2. The number of rotatable bonds is 4. The molecule has 0 radical (unpaired) electrons. The summed E-state index contributed by atoms with van der Waals surface area (Å²) in [5.41, 5.74) is 2.80. The summed E-state index contributed by atoms with van der Waals surface area (Å²) in [6, 6.07) is 9.49. The molecule has 2 aromatic heterocycles. The number of aryl methyl sites for hydroxylation is 1. The van der Waals surface area contributed by atoms with Gasteiger partial charge in [0.25, 0.3) is 5.56 Å². The fourth-order valence-electron chi connectivity index (χ4n) is 2.32. The minimum Gasteiger partial charge on any atom is -0.305 e. The number of benzene rings is 1. The molecule has 114 valence electrons. The number of hydrogen-bond donors (Lipinski definition) is 1. The first-order valence-corrected chi connectivity index (χ1v) is 8.26. The van der Waals surface area contributed by atoms with Crippen LogP contribution in [0.2, 0.25) is 5.02 Å². The molecule has 0 saturated heterocycles. The molecular formula is C16H16ClN3OS. The summed E-state index contributed by atoms with van der Waals surface area (Å²) in [7, 11) is 0. The molecule has 0 amide bonds. The Balaban J connectivity index is 1.76. The summed E-state index contributed by atoms with van der Waals surface area (Å²) in [5.74, 6) is 0. The Morgan fingerprint density at radius 2 is 2.09 bits per heavy atom. The number of hydrogen-bond acceptors (Lipinski definition) is 4. The lowest BCUT2D eigenvalue weighted by Gasteiger charge is -2.14. The van der Waals surface area contributed by atoms with Crippen LogP contribution < -0.4 is 10.9 Å². The van der Waals surface area contributed by atoms with E-state index in [1.54, 1.807) is 10.5 Å². The molecule has 1 atom stereocenters. The SMILES string of the molecule is Cc1csc2nc(CN[C@@H](C)c3ccc(Cl)cc3)cc(=O)n12. The summed E-state index contributed by atoms with van der Waals surface area (Å²) in [4.78, 5) is 17.4. The van der Waals surface area contributed by atoms with Crippen molar-refractivity contribution in [2.45, 2.75) is 26.4 Å². The van der Waals surface area contributed by atoms with Crippen LogP contribution in [0, 0.1) is 6.92 Å². The fraction of sp³-hybridized carbons (Fsp3) is 0.250. The van der Waals surface area contributed by atoms with Gasteiger partial charge in [0.1, 0.15) is 0 Å². The smallest absolute Gasteiger partial charge is 0.259 e. The summed E-state index contributed by atoms with van der Waals surface area (Å²) < 4.78 is 1.64. The molecule has 6 heteroatoms. The second kappa shape index (κ2) is 6.20. The van der Waals surface area contributed by atoms with Gasteiger partial charge < -0.3 is 5.32 Å². The Kier molecular flexibility index (Phi) is 4.29. The number of nitrogens with zero attached hydrogens (tertiary/aromatic N) is 2. The van der Waals surface area contributed by atoms with Crippen molar-refractivity contribution in [2.24, 2.45) is 0 Å². The molecule has 2 heterocycles. The van der Waals surface area contributed by atoms with Crippen LogP contribution in [0.4, 0.5) is 0 Å². The van der Waals surface area contributed by atoms with Gasteiger partial charge in [-0.25, -0.2) is 4.98 Å². The van der Waals surface area contributed by atoms with Gasteiger partial charge in [-0.05, 0) is 31.5 Å². The van der Waals surface area contributed by atoms with Gasteiger partial charge in [0.2, 0.25) is 0 Å². The lowest BCUT2D eigenvalue weighted by molar-refractivity contribution is 0.567. The van der Waals surface area contributed by atoms with Gasteiger partial charge in [0, 0.05) is 34.7 Å². The molecule has 0 spiro atoms. The Morgan fingerprint density at radius 1 is 1.36 bits per heavy atom. The monoisotopic (exact) mass is 333 g/mol. The van der Waals surface area contributed by atoms with Crippen molar-refractivity contribution in [1.29, 1.82) is 0 Å². The maximum atomic E-state index is 12.1. The Bertz CT molecular complexity index is 854. The van der Waals surface area contributed by atoms with Crippen LogP contribution in [0.15, 0.2) is 40.5 Å². The molecule has 0 aliphatic carbocycles. The molecule has 0 bridgehead atoms. The average molecular weight is 334 g/mol. The highest BCUT2D eigenvalue weighted by atomic mass is 35.5. The summed E-state index contributed by atoms with van der Waals surface area (Å²) >= 11 is 7.38. The van der Waals surface area contributed by atoms with Crippen LogP contribution in [0.25, 0.3) is 4.96 Å². The first-order chi connectivity index (χ1) is 10.5. The normalized spacial score (nSPS) is 12.7. The van der Waals surface area contributed by atoms with E-state index < -0.39 is 0 Å². The summed E-state index contributed by atoms with van der Waals surface area (Å²) in [6.45, 7) is 4.53. The molecule has 0 saturated carbocycles. The molecule has 3 aromatic rings. The third-order valence-corrected chi connectivity index (χ3v) is 4.78. The first-order valence-electron chi connectivity index (χ1n) is 7.00. The van der Waals surface area contributed by atoms with Gasteiger partial charge in [0.15, 0.2) is 4.96 Å². The Hall–Kier alpha value is -1.69. The second-order valence-electron chi connectivity index (χ2n) is 5.23. The average Bonchev–Trinajstić information content (AvgIpc) is 2.87. The quantitative estimate of drug-likeness (QED) is 0.794.